The number of likely N-dealkylation sites (tertiary alicyclic amines) is 1. The summed E-state index contributed by atoms with van der Waals surface area (Å²) in [5.41, 5.74) is 1.09. The molecule has 11 nitrogen and oxygen atoms in total. The molecule has 1 heterocycles. The van der Waals surface area contributed by atoms with E-state index < -0.39 is 41.4 Å². The van der Waals surface area contributed by atoms with Gasteiger partial charge < -0.3 is 29.7 Å². The average Bonchev–Trinajstić information content (AvgIpc) is 3.50. The summed E-state index contributed by atoms with van der Waals surface area (Å²) in [7, 11) is 0. The summed E-state index contributed by atoms with van der Waals surface area (Å²) in [4.78, 5) is 66.1. The molecular weight excluding hydrogens is 596 g/mol. The standard InChI is InChI=1S/C35H39N3O8/c1-35(20-11-21-38(35)30(39)22-36-34(43)46-25-28-16-9-4-10-17-28)33(42)37-29(32(41)45-24-27-14-7-3-8-15-27)18-19-31(40)44-23-26-12-5-2-6-13-26/h2-10,12-17,29H,11,18-25H2,1H3,(H,36,43)(H,37,42)/t29-,35-/m0/s1/i18+1,19+1,29+1,31+1,32+1,37+1. The molecule has 1 aliphatic heterocycles. The lowest BCUT2D eigenvalue weighted by molar-refractivity contribution is -0.152. The highest BCUT2D eigenvalue weighted by Gasteiger charge is 2.46. The van der Waals surface area contributed by atoms with Crippen molar-refractivity contribution in [1.82, 2.24) is 15.5 Å². The molecule has 1 saturated heterocycles. The van der Waals surface area contributed by atoms with Gasteiger partial charge in [-0.25, -0.2) is 9.59 Å². The van der Waals surface area contributed by atoms with Gasteiger partial charge in [-0.2, -0.15) is 0 Å². The van der Waals surface area contributed by atoms with Crippen molar-refractivity contribution in [2.75, 3.05) is 13.1 Å². The minimum absolute atomic E-state index is 0.0155. The van der Waals surface area contributed by atoms with Gasteiger partial charge in [-0.1, -0.05) is 91.0 Å². The fourth-order valence-electron chi connectivity index (χ4n) is 5.08. The number of carbonyl (C=O) groups excluding carboxylic acids is 5. The smallest absolute Gasteiger partial charge is 0.407 e. The van der Waals surface area contributed by atoms with Crippen molar-refractivity contribution in [2.24, 2.45) is 0 Å². The van der Waals surface area contributed by atoms with Gasteiger partial charge in [-0.05, 0) is 42.9 Å². The Balaban J connectivity index is 1.34. The van der Waals surface area contributed by atoms with E-state index >= 15 is 0 Å². The molecule has 0 saturated carbocycles. The number of carbonyl (C=O) groups is 5. The second kappa shape index (κ2) is 16.8. The normalized spacial score (nSPS) is 16.2. The van der Waals surface area contributed by atoms with Gasteiger partial charge in [0.25, 0.3) is 0 Å². The van der Waals surface area contributed by atoms with Crippen LogP contribution in [0.15, 0.2) is 91.0 Å². The summed E-state index contributed by atoms with van der Waals surface area (Å²) in [5.74, 6) is -2.28. The first kappa shape index (κ1) is 33.7. The number of hydrogen-bond acceptors (Lipinski definition) is 8. The van der Waals surface area contributed by atoms with Crippen molar-refractivity contribution in [3.8, 4) is 0 Å². The maximum Gasteiger partial charge on any atom is 0.407 e. The van der Waals surface area contributed by atoms with Crippen LogP contribution in [0.4, 0.5) is 4.79 Å². The van der Waals surface area contributed by atoms with Crippen molar-refractivity contribution in [1.29, 1.82) is 0 Å². The third kappa shape index (κ3) is 9.91. The number of amides is 3. The Kier molecular flexibility index (Phi) is 12.3. The Morgan fingerprint density at radius 1 is 0.761 bits per heavy atom. The molecule has 2 N–H and O–H groups in total. The van der Waals surface area contributed by atoms with Crippen LogP contribution in [0.25, 0.3) is 0 Å². The zero-order chi connectivity index (χ0) is 32.8. The summed E-state index contributed by atoms with van der Waals surface area (Å²) in [6.45, 7) is 1.65. The average molecular weight is 636 g/mol. The molecular formula is C35H39N3O8. The molecule has 2 atom stereocenters. The van der Waals surface area contributed by atoms with E-state index in [9.17, 15) is 24.0 Å². The number of nitrogens with zero attached hydrogens (tertiary/aromatic N) is 1. The predicted molar refractivity (Wildman–Crippen MR) is 168 cm³/mol. The van der Waals surface area contributed by atoms with Crippen molar-refractivity contribution < 1.29 is 38.2 Å². The van der Waals surface area contributed by atoms with Crippen LogP contribution in [0.1, 0.15) is 49.3 Å². The van der Waals surface area contributed by atoms with Gasteiger partial charge >= 0.3 is 18.0 Å². The van der Waals surface area contributed by atoms with Crippen molar-refractivity contribution in [3.05, 3.63) is 108 Å². The Bertz CT molecular complexity index is 1470. The fourth-order valence-corrected chi connectivity index (χ4v) is 5.08. The van der Waals surface area contributed by atoms with Crippen LogP contribution in [0.5, 0.6) is 0 Å². The first-order valence-electron chi connectivity index (χ1n) is 15.2. The van der Waals surface area contributed by atoms with Crippen LogP contribution in [-0.4, -0.2) is 59.4 Å². The molecule has 11 heteroatoms. The van der Waals surface area contributed by atoms with Gasteiger partial charge in [-0.15, -0.1) is 0 Å². The first-order chi connectivity index (χ1) is 22.2. The van der Waals surface area contributed by atoms with Crippen LogP contribution in [-0.2, 0) is 53.2 Å². The number of rotatable bonds is 14. The van der Waals surface area contributed by atoms with Gasteiger partial charge in [0.15, 0.2) is 0 Å². The second-order valence-corrected chi connectivity index (χ2v) is 11.1. The van der Waals surface area contributed by atoms with Crippen molar-refractivity contribution >= 4 is 29.8 Å². The van der Waals surface area contributed by atoms with Gasteiger partial charge in [0, 0.05) is 13.0 Å². The summed E-state index contributed by atoms with van der Waals surface area (Å²) < 4.78 is 16.0. The van der Waals surface area contributed by atoms with E-state index in [-0.39, 0.29) is 39.2 Å². The minimum atomic E-state index is -1.29. The topological polar surface area (TPSA) is 140 Å². The Morgan fingerprint density at radius 2 is 1.28 bits per heavy atom. The fraction of sp³-hybridized carbons (Fsp3) is 0.343. The van der Waals surface area contributed by atoms with E-state index in [4.69, 9.17) is 14.2 Å². The molecule has 0 bridgehead atoms. The highest BCUT2D eigenvalue weighted by Crippen LogP contribution is 2.29. The van der Waals surface area contributed by atoms with Gasteiger partial charge in [0.05, 0.1) is 0 Å². The highest BCUT2D eigenvalue weighted by molar-refractivity contribution is 5.95. The number of esters is 2. The quantitative estimate of drug-likeness (QED) is 0.117. The third-order valence-corrected chi connectivity index (χ3v) is 7.72. The zero-order valence-corrected chi connectivity index (χ0v) is 25.8. The van der Waals surface area contributed by atoms with E-state index in [1.54, 1.807) is 19.1 Å². The van der Waals surface area contributed by atoms with Crippen molar-refractivity contribution in [3.63, 3.8) is 0 Å². The minimum Gasteiger partial charge on any atom is -0.461 e. The Labute approximate surface area is 268 Å². The number of nitrogens with one attached hydrogen (secondary N) is 2. The first-order valence-corrected chi connectivity index (χ1v) is 15.2. The SMILES string of the molecule is C[C@@]1(C(=O)[15NH][13C@@H]([13CH2][13CH2][13C](=O)OCc2ccccc2)[13C](=O)OCc2ccccc2)CCCN1C(=O)CNC(=O)OCc1ccccc1. The number of ether oxygens (including phenoxy) is 3. The molecule has 0 aliphatic carbocycles. The molecule has 1 aliphatic rings. The van der Waals surface area contributed by atoms with Crippen LogP contribution in [0.3, 0.4) is 0 Å². The number of hydrogen-bond donors (Lipinski definition) is 2. The van der Waals surface area contributed by atoms with Gasteiger partial charge in [-0.3, -0.25) is 14.4 Å². The lowest BCUT2D eigenvalue weighted by atomic mass is 9.98. The van der Waals surface area contributed by atoms with Crippen LogP contribution in [0, 0.1) is 0 Å². The molecule has 46 heavy (non-hydrogen) atoms. The third-order valence-electron chi connectivity index (χ3n) is 7.72. The van der Waals surface area contributed by atoms with E-state index in [1.807, 2.05) is 78.9 Å². The monoisotopic (exact) mass is 635 g/mol. The van der Waals surface area contributed by atoms with E-state index in [1.165, 1.54) is 4.90 Å². The van der Waals surface area contributed by atoms with Crippen molar-refractivity contribution in [2.45, 2.75) is 64.0 Å². The van der Waals surface area contributed by atoms with Crippen LogP contribution < -0.4 is 10.6 Å². The Hall–Kier alpha value is -5.19. The highest BCUT2D eigenvalue weighted by atomic mass is 16.6. The molecule has 0 unspecified atom stereocenters. The van der Waals surface area contributed by atoms with Crippen LogP contribution >= 0.6 is 0 Å². The number of benzene rings is 3. The van der Waals surface area contributed by atoms with Gasteiger partial charge in [0.1, 0.15) is 37.9 Å². The van der Waals surface area contributed by atoms with E-state index in [0.717, 1.165) is 16.7 Å². The summed E-state index contributed by atoms with van der Waals surface area (Å²) in [6, 6.07) is 26.2. The molecule has 0 spiro atoms. The predicted octanol–water partition coefficient (Wildman–Crippen LogP) is 4.05. The maximum absolute atomic E-state index is 13.7. The van der Waals surface area contributed by atoms with E-state index in [2.05, 4.69) is 10.6 Å². The molecule has 242 valence electrons. The zero-order valence-electron chi connectivity index (χ0n) is 25.8. The Morgan fingerprint density at radius 3 is 1.85 bits per heavy atom. The van der Waals surface area contributed by atoms with Gasteiger partial charge in [0.2, 0.25) is 11.8 Å². The summed E-state index contributed by atoms with van der Waals surface area (Å²) in [5, 5.41) is 5.17. The largest absolute Gasteiger partial charge is 0.461 e. The maximum atomic E-state index is 13.7. The number of alkyl carbamates (subject to hydrolysis) is 1. The van der Waals surface area contributed by atoms with Crippen LogP contribution in [0.2, 0.25) is 0 Å². The second-order valence-electron chi connectivity index (χ2n) is 11.1. The molecule has 1 fully saturated rings. The molecule has 3 aromatic rings. The summed E-state index contributed by atoms with van der Waals surface area (Å²) in [6.07, 6.45) is -0.0852. The molecule has 3 aromatic carbocycles. The lowest BCUT2D eigenvalue weighted by Crippen LogP contribution is -2.59. The molecule has 3 amide bonds. The summed E-state index contributed by atoms with van der Waals surface area (Å²) >= 11 is 0. The van der Waals surface area contributed by atoms with E-state index in [0.29, 0.717) is 19.4 Å². The molecule has 0 radical (unpaired) electrons. The lowest BCUT2D eigenvalue weighted by Gasteiger charge is -2.35. The molecule has 0 aromatic heterocycles. The molecule has 4 rings (SSSR count).